The van der Waals surface area contributed by atoms with E-state index in [4.69, 9.17) is 11.6 Å². The summed E-state index contributed by atoms with van der Waals surface area (Å²) < 4.78 is 0. The monoisotopic (exact) mass is 230 g/mol. The fraction of sp³-hybridized carbons (Fsp3) is 0.700. The molecule has 2 rings (SSSR count). The Labute approximate surface area is 93.9 Å². The standard InChI is InChI=1S/C10H15ClN2S/c1-7-10(12-9(5-11)14-7)8-3-4-13(2)6-8/h8H,3-6H2,1-2H3. The normalized spacial score (nSPS) is 23.2. The molecule has 1 aliphatic heterocycles. The Morgan fingerprint density at radius 2 is 2.43 bits per heavy atom. The quantitative estimate of drug-likeness (QED) is 0.727. The van der Waals surface area contributed by atoms with Crippen molar-refractivity contribution in [1.29, 1.82) is 0 Å². The lowest BCUT2D eigenvalue weighted by Gasteiger charge is -2.08. The molecule has 14 heavy (non-hydrogen) atoms. The molecular formula is C10H15ClN2S. The van der Waals surface area contributed by atoms with Crippen molar-refractivity contribution in [2.45, 2.75) is 25.1 Å². The molecule has 2 heterocycles. The largest absolute Gasteiger partial charge is 0.306 e. The van der Waals surface area contributed by atoms with Crippen molar-refractivity contribution < 1.29 is 0 Å². The molecule has 1 aromatic heterocycles. The Hall–Kier alpha value is -0.120. The SMILES string of the molecule is Cc1sc(CCl)nc1C1CCN(C)C1. The maximum atomic E-state index is 5.79. The van der Waals surface area contributed by atoms with Crippen molar-refractivity contribution in [2.75, 3.05) is 20.1 Å². The van der Waals surface area contributed by atoms with E-state index in [-0.39, 0.29) is 0 Å². The maximum absolute atomic E-state index is 5.79. The highest BCUT2D eigenvalue weighted by molar-refractivity contribution is 7.11. The molecule has 78 valence electrons. The van der Waals surface area contributed by atoms with Gasteiger partial charge in [-0.25, -0.2) is 4.98 Å². The third-order valence-corrected chi connectivity index (χ3v) is 4.17. The van der Waals surface area contributed by atoms with Gasteiger partial charge in [0.25, 0.3) is 0 Å². The first-order valence-corrected chi connectivity index (χ1v) is 6.26. The Morgan fingerprint density at radius 1 is 1.64 bits per heavy atom. The van der Waals surface area contributed by atoms with Crippen molar-refractivity contribution in [3.8, 4) is 0 Å². The van der Waals surface area contributed by atoms with Gasteiger partial charge in [0.2, 0.25) is 0 Å². The molecule has 0 saturated carbocycles. The number of halogens is 1. The van der Waals surface area contributed by atoms with E-state index in [0.717, 1.165) is 11.6 Å². The fourth-order valence-corrected chi connectivity index (χ4v) is 3.15. The molecular weight excluding hydrogens is 216 g/mol. The number of hydrogen-bond donors (Lipinski definition) is 0. The second-order valence-corrected chi connectivity index (χ2v) is 5.49. The van der Waals surface area contributed by atoms with E-state index in [1.165, 1.54) is 23.5 Å². The lowest BCUT2D eigenvalue weighted by Crippen LogP contribution is -2.13. The van der Waals surface area contributed by atoms with E-state index in [9.17, 15) is 0 Å². The number of rotatable bonds is 2. The van der Waals surface area contributed by atoms with Crippen molar-refractivity contribution in [1.82, 2.24) is 9.88 Å². The van der Waals surface area contributed by atoms with Crippen LogP contribution in [0.1, 0.15) is 27.9 Å². The number of nitrogens with zero attached hydrogens (tertiary/aromatic N) is 2. The van der Waals surface area contributed by atoms with Crippen LogP contribution < -0.4 is 0 Å². The van der Waals surface area contributed by atoms with Crippen LogP contribution in [-0.4, -0.2) is 30.0 Å². The van der Waals surface area contributed by atoms with Crippen LogP contribution in [0.5, 0.6) is 0 Å². The molecule has 2 nitrogen and oxygen atoms in total. The summed E-state index contributed by atoms with van der Waals surface area (Å²) in [5.74, 6) is 1.18. The average Bonchev–Trinajstić information content (AvgIpc) is 2.71. The van der Waals surface area contributed by atoms with Crippen LogP contribution in [0.2, 0.25) is 0 Å². The number of likely N-dealkylation sites (N-methyl/N-ethyl adjacent to an activating group) is 1. The summed E-state index contributed by atoms with van der Waals surface area (Å²) in [7, 11) is 2.17. The van der Waals surface area contributed by atoms with Gasteiger partial charge in [0.1, 0.15) is 5.01 Å². The number of thiazole rings is 1. The number of likely N-dealkylation sites (tertiary alicyclic amines) is 1. The molecule has 1 saturated heterocycles. The smallest absolute Gasteiger partial charge is 0.108 e. The summed E-state index contributed by atoms with van der Waals surface area (Å²) in [6, 6.07) is 0. The third kappa shape index (κ3) is 1.95. The van der Waals surface area contributed by atoms with E-state index in [0.29, 0.717) is 11.8 Å². The van der Waals surface area contributed by atoms with Gasteiger partial charge in [-0.05, 0) is 26.9 Å². The van der Waals surface area contributed by atoms with Crippen molar-refractivity contribution >= 4 is 22.9 Å². The van der Waals surface area contributed by atoms with Crippen molar-refractivity contribution in [3.05, 3.63) is 15.6 Å². The molecule has 0 spiro atoms. The molecule has 1 aromatic rings. The van der Waals surface area contributed by atoms with Crippen LogP contribution in [0.25, 0.3) is 0 Å². The van der Waals surface area contributed by atoms with E-state index in [1.54, 1.807) is 11.3 Å². The highest BCUT2D eigenvalue weighted by Gasteiger charge is 2.25. The Balaban J connectivity index is 2.19. The summed E-state index contributed by atoms with van der Waals surface area (Å²) in [5.41, 5.74) is 1.29. The molecule has 1 unspecified atom stereocenters. The van der Waals surface area contributed by atoms with E-state index in [2.05, 4.69) is 23.9 Å². The van der Waals surface area contributed by atoms with Gasteiger partial charge in [-0.2, -0.15) is 0 Å². The van der Waals surface area contributed by atoms with Crippen LogP contribution in [0.3, 0.4) is 0 Å². The van der Waals surface area contributed by atoms with Gasteiger partial charge < -0.3 is 4.90 Å². The minimum absolute atomic E-state index is 0.550. The lowest BCUT2D eigenvalue weighted by atomic mass is 10.0. The van der Waals surface area contributed by atoms with Crippen LogP contribution >= 0.6 is 22.9 Å². The second-order valence-electron chi connectivity index (χ2n) is 3.93. The number of aryl methyl sites for hydroxylation is 1. The van der Waals surface area contributed by atoms with Gasteiger partial charge in [0.15, 0.2) is 0 Å². The predicted octanol–water partition coefficient (Wildman–Crippen LogP) is 2.61. The third-order valence-electron chi connectivity index (χ3n) is 2.77. The first-order valence-electron chi connectivity index (χ1n) is 4.91. The molecule has 1 fully saturated rings. The van der Waals surface area contributed by atoms with E-state index < -0.39 is 0 Å². The van der Waals surface area contributed by atoms with Crippen molar-refractivity contribution in [3.63, 3.8) is 0 Å². The summed E-state index contributed by atoms with van der Waals surface area (Å²) in [4.78, 5) is 8.32. The number of hydrogen-bond acceptors (Lipinski definition) is 3. The molecule has 0 radical (unpaired) electrons. The summed E-state index contributed by atoms with van der Waals surface area (Å²) in [6.07, 6.45) is 1.24. The van der Waals surface area contributed by atoms with Gasteiger partial charge in [0.05, 0.1) is 11.6 Å². The Bertz CT molecular complexity index is 324. The maximum Gasteiger partial charge on any atom is 0.108 e. The summed E-state index contributed by atoms with van der Waals surface area (Å²) in [6.45, 7) is 4.49. The molecule has 1 atom stereocenters. The lowest BCUT2D eigenvalue weighted by molar-refractivity contribution is 0.410. The molecule has 0 N–H and O–H groups in total. The number of alkyl halides is 1. The second kappa shape index (κ2) is 4.17. The van der Waals surface area contributed by atoms with Crippen LogP contribution in [0, 0.1) is 6.92 Å². The van der Waals surface area contributed by atoms with Crippen LogP contribution in [0.15, 0.2) is 0 Å². The molecule has 0 bridgehead atoms. The zero-order valence-corrected chi connectivity index (χ0v) is 10.2. The van der Waals surface area contributed by atoms with Gasteiger partial charge >= 0.3 is 0 Å². The molecule has 0 amide bonds. The highest BCUT2D eigenvalue weighted by Crippen LogP contribution is 2.31. The van der Waals surface area contributed by atoms with Crippen molar-refractivity contribution in [2.24, 2.45) is 0 Å². The zero-order valence-electron chi connectivity index (χ0n) is 8.59. The minimum Gasteiger partial charge on any atom is -0.306 e. The van der Waals surface area contributed by atoms with E-state index in [1.807, 2.05) is 0 Å². The first-order chi connectivity index (χ1) is 6.70. The first kappa shape index (κ1) is 10.4. The molecule has 0 aliphatic carbocycles. The minimum atomic E-state index is 0.550. The Kier molecular flexibility index (Phi) is 3.10. The predicted molar refractivity (Wildman–Crippen MR) is 61.3 cm³/mol. The molecule has 1 aliphatic rings. The fourth-order valence-electron chi connectivity index (χ4n) is 2.06. The topological polar surface area (TPSA) is 16.1 Å². The highest BCUT2D eigenvalue weighted by atomic mass is 35.5. The van der Waals surface area contributed by atoms with Gasteiger partial charge in [-0.1, -0.05) is 0 Å². The molecule has 4 heteroatoms. The Morgan fingerprint density at radius 3 is 2.93 bits per heavy atom. The summed E-state index contributed by atoms with van der Waals surface area (Å²) >= 11 is 7.53. The molecule has 0 aromatic carbocycles. The zero-order chi connectivity index (χ0) is 10.1. The van der Waals surface area contributed by atoms with Crippen LogP contribution in [0.4, 0.5) is 0 Å². The van der Waals surface area contributed by atoms with E-state index >= 15 is 0 Å². The average molecular weight is 231 g/mol. The van der Waals surface area contributed by atoms with Crippen LogP contribution in [-0.2, 0) is 5.88 Å². The number of aromatic nitrogens is 1. The summed E-state index contributed by atoms with van der Waals surface area (Å²) in [5, 5.41) is 1.06. The van der Waals surface area contributed by atoms with Gasteiger partial charge in [-0.3, -0.25) is 0 Å². The van der Waals surface area contributed by atoms with Gasteiger partial charge in [-0.15, -0.1) is 22.9 Å². The van der Waals surface area contributed by atoms with Gasteiger partial charge in [0, 0.05) is 17.3 Å².